The second kappa shape index (κ2) is 8.38. The second-order valence-electron chi connectivity index (χ2n) is 7.57. The fourth-order valence-electron chi connectivity index (χ4n) is 4.02. The van der Waals surface area contributed by atoms with Crippen LogP contribution in [0.15, 0.2) is 34.9 Å². The smallest absolute Gasteiger partial charge is 0.264 e. The number of carbonyl (C=O) groups excluding carboxylic acids is 1. The van der Waals surface area contributed by atoms with E-state index >= 15 is 0 Å². The predicted molar refractivity (Wildman–Crippen MR) is 107 cm³/mol. The normalized spacial score (nSPS) is 15.2. The number of benzene rings is 1. The quantitative estimate of drug-likeness (QED) is 0.617. The summed E-state index contributed by atoms with van der Waals surface area (Å²) in [5, 5.41) is 4.07. The number of hydrogen-bond donors (Lipinski definition) is 0. The highest BCUT2D eigenvalue weighted by molar-refractivity contribution is 5.81. The lowest BCUT2D eigenvalue weighted by Gasteiger charge is -2.32. The molecule has 0 spiro atoms. The minimum absolute atomic E-state index is 0.00169. The Kier molecular flexibility index (Phi) is 5.65. The van der Waals surface area contributed by atoms with Crippen molar-refractivity contribution >= 4 is 17.0 Å². The number of fused-ring (bicyclic) bond motifs is 1. The van der Waals surface area contributed by atoms with Gasteiger partial charge in [-0.15, -0.1) is 0 Å². The number of nitrogens with zero attached hydrogens (tertiary/aromatic N) is 3. The maximum absolute atomic E-state index is 13.6. The fourth-order valence-corrected chi connectivity index (χ4v) is 4.02. The van der Waals surface area contributed by atoms with Gasteiger partial charge in [-0.1, -0.05) is 17.3 Å². The molecule has 158 valence electrons. The first kappa shape index (κ1) is 20.3. The molecule has 1 aliphatic rings. The van der Waals surface area contributed by atoms with Crippen LogP contribution in [0, 0.1) is 6.92 Å². The van der Waals surface area contributed by atoms with E-state index in [1.54, 1.807) is 14.0 Å². The summed E-state index contributed by atoms with van der Waals surface area (Å²) in [4.78, 5) is 18.9. The fraction of sp³-hybridized carbons (Fsp3) is 0.409. The summed E-state index contributed by atoms with van der Waals surface area (Å²) in [5.41, 5.74) is 1.95. The molecule has 1 fully saturated rings. The highest BCUT2D eigenvalue weighted by Crippen LogP contribution is 2.34. The number of aryl methyl sites for hydroxylation is 1. The van der Waals surface area contributed by atoms with E-state index in [9.17, 15) is 13.6 Å². The lowest BCUT2D eigenvalue weighted by Crippen LogP contribution is -2.38. The van der Waals surface area contributed by atoms with Crippen molar-refractivity contribution in [2.24, 2.45) is 0 Å². The number of ether oxygens (including phenoxy) is 1. The van der Waals surface area contributed by atoms with Gasteiger partial charge >= 0.3 is 0 Å². The van der Waals surface area contributed by atoms with E-state index < -0.39 is 6.43 Å². The van der Waals surface area contributed by atoms with Crippen molar-refractivity contribution in [1.82, 2.24) is 15.0 Å². The number of aromatic nitrogens is 2. The summed E-state index contributed by atoms with van der Waals surface area (Å²) in [6.07, 6.45) is -0.994. The van der Waals surface area contributed by atoms with Crippen molar-refractivity contribution in [3.63, 3.8) is 0 Å². The number of carbonyl (C=O) groups is 1. The van der Waals surface area contributed by atoms with Gasteiger partial charge in [-0.2, -0.15) is 0 Å². The lowest BCUT2D eigenvalue weighted by molar-refractivity contribution is -0.131. The van der Waals surface area contributed by atoms with E-state index in [1.807, 2.05) is 29.2 Å². The highest BCUT2D eigenvalue weighted by Gasteiger charge is 2.27. The number of likely N-dealkylation sites (tertiary alicyclic amines) is 1. The van der Waals surface area contributed by atoms with Gasteiger partial charge in [0.1, 0.15) is 5.75 Å². The van der Waals surface area contributed by atoms with Crippen molar-refractivity contribution in [3.05, 3.63) is 52.8 Å². The third-order valence-electron chi connectivity index (χ3n) is 5.66. The molecule has 1 aliphatic heterocycles. The van der Waals surface area contributed by atoms with Gasteiger partial charge in [-0.05, 0) is 43.5 Å². The third kappa shape index (κ3) is 3.99. The zero-order valence-electron chi connectivity index (χ0n) is 16.9. The largest absolute Gasteiger partial charge is 0.497 e. The second-order valence-corrected chi connectivity index (χ2v) is 7.57. The molecule has 2 aromatic heterocycles. The van der Waals surface area contributed by atoms with Gasteiger partial charge < -0.3 is 14.2 Å². The van der Waals surface area contributed by atoms with Gasteiger partial charge in [0.25, 0.3) is 12.1 Å². The molecule has 0 atom stereocenters. The molecule has 0 N–H and O–H groups in total. The zero-order chi connectivity index (χ0) is 21.3. The molecule has 3 heterocycles. The maximum Gasteiger partial charge on any atom is 0.264 e. The first-order chi connectivity index (χ1) is 14.5. The highest BCUT2D eigenvalue weighted by atomic mass is 19.3. The number of pyridine rings is 1. The molecule has 1 saturated heterocycles. The molecule has 0 radical (unpaired) electrons. The van der Waals surface area contributed by atoms with Gasteiger partial charge in [0.05, 0.1) is 24.6 Å². The van der Waals surface area contributed by atoms with Crippen LogP contribution in [-0.2, 0) is 11.2 Å². The zero-order valence-corrected chi connectivity index (χ0v) is 16.9. The molecule has 4 rings (SSSR count). The Bertz CT molecular complexity index is 1060. The molecule has 8 heteroatoms. The molecule has 30 heavy (non-hydrogen) atoms. The Hall–Kier alpha value is -3.03. The van der Waals surface area contributed by atoms with Crippen LogP contribution < -0.4 is 4.74 Å². The van der Waals surface area contributed by atoms with Crippen LogP contribution in [-0.4, -0.2) is 41.1 Å². The summed E-state index contributed by atoms with van der Waals surface area (Å²) in [6, 6.07) is 8.93. The number of amides is 1. The van der Waals surface area contributed by atoms with Gasteiger partial charge in [-0.25, -0.2) is 13.8 Å². The van der Waals surface area contributed by atoms with Gasteiger partial charge in [-0.3, -0.25) is 4.79 Å². The number of hydrogen-bond acceptors (Lipinski definition) is 5. The number of rotatable bonds is 5. The minimum Gasteiger partial charge on any atom is -0.497 e. The van der Waals surface area contributed by atoms with E-state index in [2.05, 4.69) is 10.1 Å². The Morgan fingerprint density at radius 3 is 2.77 bits per heavy atom. The van der Waals surface area contributed by atoms with Crippen LogP contribution in [0.2, 0.25) is 0 Å². The molecular weight excluding hydrogens is 392 g/mol. The van der Waals surface area contributed by atoms with Crippen molar-refractivity contribution in [2.45, 2.75) is 38.5 Å². The minimum atomic E-state index is -2.63. The molecule has 3 aromatic rings. The first-order valence-corrected chi connectivity index (χ1v) is 9.92. The van der Waals surface area contributed by atoms with E-state index in [1.165, 1.54) is 6.07 Å². The number of halogens is 2. The SMILES string of the molecule is COc1cccc(CC(=O)N2CCC(c3cc(C(F)F)c4c(C)noc4n3)CC2)c1. The average Bonchev–Trinajstić information content (AvgIpc) is 3.14. The van der Waals surface area contributed by atoms with E-state index in [0.29, 0.717) is 49.1 Å². The van der Waals surface area contributed by atoms with E-state index in [-0.39, 0.29) is 23.1 Å². The van der Waals surface area contributed by atoms with E-state index in [0.717, 1.165) is 11.3 Å². The average molecular weight is 415 g/mol. The third-order valence-corrected chi connectivity index (χ3v) is 5.66. The summed E-state index contributed by atoms with van der Waals surface area (Å²) in [7, 11) is 1.59. The van der Waals surface area contributed by atoms with Crippen LogP contribution in [0.1, 0.15) is 47.7 Å². The molecule has 6 nitrogen and oxygen atoms in total. The summed E-state index contributed by atoms with van der Waals surface area (Å²) in [5.74, 6) is 0.764. The summed E-state index contributed by atoms with van der Waals surface area (Å²) in [6.45, 7) is 2.75. The number of piperidine rings is 1. The maximum atomic E-state index is 13.6. The lowest BCUT2D eigenvalue weighted by atomic mass is 9.91. The summed E-state index contributed by atoms with van der Waals surface area (Å²) < 4.78 is 37.5. The molecule has 0 saturated carbocycles. The standard InChI is InChI=1S/C22H23F2N3O3/c1-13-20-17(21(23)24)12-18(25-22(20)30-26-13)15-6-8-27(9-7-15)19(28)11-14-4-3-5-16(10-14)29-2/h3-5,10,12,15,21H,6-9,11H2,1-2H3. The van der Waals surface area contributed by atoms with Crippen LogP contribution in [0.25, 0.3) is 11.1 Å². The summed E-state index contributed by atoms with van der Waals surface area (Å²) >= 11 is 0. The van der Waals surface area contributed by atoms with Crippen molar-refractivity contribution in [2.75, 3.05) is 20.2 Å². The first-order valence-electron chi connectivity index (χ1n) is 9.92. The number of alkyl halides is 2. The molecule has 1 aromatic carbocycles. The molecule has 0 bridgehead atoms. The number of methoxy groups -OCH3 is 1. The van der Waals surface area contributed by atoms with Crippen molar-refractivity contribution < 1.29 is 22.8 Å². The molecule has 1 amide bonds. The van der Waals surface area contributed by atoms with Gasteiger partial charge in [0.15, 0.2) is 0 Å². The Morgan fingerprint density at radius 1 is 1.30 bits per heavy atom. The van der Waals surface area contributed by atoms with E-state index in [4.69, 9.17) is 9.26 Å². The topological polar surface area (TPSA) is 68.5 Å². The monoisotopic (exact) mass is 415 g/mol. The molecular formula is C22H23F2N3O3. The van der Waals surface area contributed by atoms with Crippen molar-refractivity contribution in [3.8, 4) is 5.75 Å². The van der Waals surface area contributed by atoms with Crippen LogP contribution in [0.4, 0.5) is 8.78 Å². The molecule has 0 aliphatic carbocycles. The van der Waals surface area contributed by atoms with Crippen LogP contribution in [0.5, 0.6) is 5.75 Å². The van der Waals surface area contributed by atoms with Gasteiger partial charge in [0, 0.05) is 30.3 Å². The predicted octanol–water partition coefficient (Wildman–Crippen LogP) is 4.43. The molecule has 0 unspecified atom stereocenters. The Balaban J connectivity index is 1.45. The van der Waals surface area contributed by atoms with Gasteiger partial charge in [0.2, 0.25) is 5.91 Å². The Morgan fingerprint density at radius 2 is 2.07 bits per heavy atom. The van der Waals surface area contributed by atoms with Crippen molar-refractivity contribution in [1.29, 1.82) is 0 Å². The Labute approximate surface area is 172 Å². The van der Waals surface area contributed by atoms with Crippen LogP contribution in [0.3, 0.4) is 0 Å². The van der Waals surface area contributed by atoms with Crippen LogP contribution >= 0.6 is 0 Å².